The van der Waals surface area contributed by atoms with Crippen molar-refractivity contribution < 1.29 is 37.9 Å². The maximum atomic E-state index is 14.3. The van der Waals surface area contributed by atoms with Gasteiger partial charge in [-0.2, -0.15) is 0 Å². The van der Waals surface area contributed by atoms with Gasteiger partial charge in [0.2, 0.25) is 0 Å². The maximum Gasteiger partial charge on any atom is 0.419 e. The molecule has 1 atom stereocenters. The van der Waals surface area contributed by atoms with Crippen LogP contribution in [0.15, 0.2) is 45.6 Å². The lowest BCUT2D eigenvalue weighted by molar-refractivity contribution is -0.160. The monoisotopic (exact) mass is 773 g/mol. The van der Waals surface area contributed by atoms with E-state index in [1.54, 1.807) is 34.7 Å². The Bertz CT molecular complexity index is 2020. The molecular formula is C40H51N7O9. The summed E-state index contributed by atoms with van der Waals surface area (Å²) in [5.41, 5.74) is 4.48. The topological polar surface area (TPSA) is 167 Å². The number of nitrogens with zero attached hydrogens (tertiary/aromatic N) is 6. The van der Waals surface area contributed by atoms with Crippen LogP contribution in [0.3, 0.4) is 0 Å². The third kappa shape index (κ3) is 8.25. The van der Waals surface area contributed by atoms with Crippen molar-refractivity contribution in [1.29, 1.82) is 0 Å². The van der Waals surface area contributed by atoms with E-state index in [1.165, 1.54) is 4.57 Å². The molecule has 2 aromatic carbocycles. The lowest BCUT2D eigenvalue weighted by atomic mass is 10.0. The quantitative estimate of drug-likeness (QED) is 0.279. The number of anilines is 1. The fourth-order valence-electron chi connectivity index (χ4n) is 8.65. The van der Waals surface area contributed by atoms with Gasteiger partial charge >= 0.3 is 29.8 Å². The molecule has 4 aliphatic rings. The molecule has 0 radical (unpaired) electrons. The summed E-state index contributed by atoms with van der Waals surface area (Å²) in [4.78, 5) is 86.9. The second-order valence-electron chi connectivity index (χ2n) is 15.1. The first-order chi connectivity index (χ1) is 27.0. The van der Waals surface area contributed by atoms with Gasteiger partial charge in [0.05, 0.1) is 12.1 Å². The molecule has 300 valence electrons. The number of fused-ring (bicyclic) bond motifs is 2. The number of rotatable bonds is 7. The number of esters is 1. The van der Waals surface area contributed by atoms with Crippen LogP contribution in [0.4, 0.5) is 15.3 Å². The Labute approximate surface area is 325 Å². The number of urea groups is 1. The molecule has 3 fully saturated rings. The number of piperidine rings is 2. The SMILES string of the molecule is CCOC(=O)C(=O)N1CCC(N2CCN(C(=O)[C@@H](Cc3cc(C)c4c(c3)oc(=O)n4C)OC(=O)N3CCC(N4CCc5ccccc5NC4=O)CC3)CC2)CC1. The highest BCUT2D eigenvalue weighted by Crippen LogP contribution is 2.27. The minimum atomic E-state index is -1.12. The molecule has 5 heterocycles. The van der Waals surface area contributed by atoms with Gasteiger partial charge in [0.1, 0.15) is 0 Å². The zero-order valence-electron chi connectivity index (χ0n) is 32.4. The molecule has 16 heteroatoms. The van der Waals surface area contributed by atoms with Crippen LogP contribution in [0.25, 0.3) is 11.1 Å². The smallest absolute Gasteiger partial charge is 0.419 e. The molecule has 4 aliphatic heterocycles. The number of likely N-dealkylation sites (tertiary alicyclic amines) is 2. The molecule has 3 saturated heterocycles. The number of hydrogen-bond acceptors (Lipinski definition) is 10. The van der Waals surface area contributed by atoms with Gasteiger partial charge in [0.25, 0.3) is 5.91 Å². The minimum absolute atomic E-state index is 0.0393. The highest BCUT2D eigenvalue weighted by molar-refractivity contribution is 6.32. The predicted molar refractivity (Wildman–Crippen MR) is 205 cm³/mol. The van der Waals surface area contributed by atoms with Crippen molar-refractivity contribution in [2.45, 2.75) is 70.6 Å². The molecule has 7 rings (SSSR count). The Balaban J connectivity index is 0.988. The van der Waals surface area contributed by atoms with Crippen molar-refractivity contribution in [2.24, 2.45) is 7.05 Å². The van der Waals surface area contributed by atoms with Crippen LogP contribution >= 0.6 is 0 Å². The predicted octanol–water partition coefficient (Wildman–Crippen LogP) is 2.74. The summed E-state index contributed by atoms with van der Waals surface area (Å²) in [6.07, 6.45) is 1.72. The molecule has 56 heavy (non-hydrogen) atoms. The Morgan fingerprint density at radius 1 is 0.857 bits per heavy atom. The summed E-state index contributed by atoms with van der Waals surface area (Å²) in [5, 5.41) is 3.03. The molecule has 1 aromatic heterocycles. The van der Waals surface area contributed by atoms with Gasteiger partial charge in [0.15, 0.2) is 11.7 Å². The number of para-hydroxylation sites is 1. The zero-order chi connectivity index (χ0) is 39.5. The van der Waals surface area contributed by atoms with Gasteiger partial charge in [-0.25, -0.2) is 19.2 Å². The highest BCUT2D eigenvalue weighted by Gasteiger charge is 2.37. The molecule has 0 aliphatic carbocycles. The molecule has 0 spiro atoms. The van der Waals surface area contributed by atoms with Crippen LogP contribution < -0.4 is 11.1 Å². The lowest BCUT2D eigenvalue weighted by Gasteiger charge is -2.43. The lowest BCUT2D eigenvalue weighted by Crippen LogP contribution is -2.57. The Hall–Kier alpha value is -5.38. The summed E-state index contributed by atoms with van der Waals surface area (Å²) >= 11 is 0. The number of oxazole rings is 1. The van der Waals surface area contributed by atoms with Crippen molar-refractivity contribution in [3.05, 3.63) is 63.6 Å². The van der Waals surface area contributed by atoms with Gasteiger partial charge in [-0.1, -0.05) is 24.3 Å². The third-order valence-corrected chi connectivity index (χ3v) is 11.7. The Morgan fingerprint density at radius 2 is 1.54 bits per heavy atom. The normalized spacial score (nSPS) is 19.3. The van der Waals surface area contributed by atoms with E-state index in [-0.39, 0.29) is 37.0 Å². The molecule has 1 N–H and O–H groups in total. The minimum Gasteiger partial charge on any atom is -0.459 e. The van der Waals surface area contributed by atoms with E-state index < -0.39 is 29.8 Å². The number of hydrogen-bond donors (Lipinski definition) is 1. The first kappa shape index (κ1) is 38.9. The summed E-state index contributed by atoms with van der Waals surface area (Å²) < 4.78 is 17.9. The van der Waals surface area contributed by atoms with Gasteiger partial charge in [-0.05, 0) is 74.8 Å². The van der Waals surface area contributed by atoms with E-state index in [9.17, 15) is 28.8 Å². The molecule has 5 amide bonds. The van der Waals surface area contributed by atoms with Crippen molar-refractivity contribution in [3.63, 3.8) is 0 Å². The molecule has 0 unspecified atom stereocenters. The fourth-order valence-corrected chi connectivity index (χ4v) is 8.65. The Morgan fingerprint density at radius 3 is 2.25 bits per heavy atom. The van der Waals surface area contributed by atoms with Crippen molar-refractivity contribution >= 4 is 46.7 Å². The number of ether oxygens (including phenoxy) is 2. The van der Waals surface area contributed by atoms with Gasteiger partial charge < -0.3 is 38.8 Å². The highest BCUT2D eigenvalue weighted by atomic mass is 16.6. The number of amides is 5. The summed E-state index contributed by atoms with van der Waals surface area (Å²) in [6.45, 7) is 8.06. The molecular weight excluding hydrogens is 722 g/mol. The zero-order valence-corrected chi connectivity index (χ0v) is 32.4. The molecule has 3 aromatic rings. The van der Waals surface area contributed by atoms with Crippen molar-refractivity contribution in [1.82, 2.24) is 29.1 Å². The van der Waals surface area contributed by atoms with Gasteiger partial charge in [0, 0.05) is 90.1 Å². The van der Waals surface area contributed by atoms with E-state index in [0.29, 0.717) is 101 Å². The number of aromatic nitrogens is 1. The maximum absolute atomic E-state index is 14.3. The van der Waals surface area contributed by atoms with Crippen LogP contribution in [-0.4, -0.2) is 143 Å². The Kier molecular flexibility index (Phi) is 11.6. The van der Waals surface area contributed by atoms with Crippen molar-refractivity contribution in [2.75, 3.05) is 70.8 Å². The summed E-state index contributed by atoms with van der Waals surface area (Å²) in [6, 6.07) is 11.4. The molecule has 0 saturated carbocycles. The largest absolute Gasteiger partial charge is 0.459 e. The van der Waals surface area contributed by atoms with Crippen LogP contribution in [0.2, 0.25) is 0 Å². The average Bonchev–Trinajstić information content (AvgIpc) is 3.38. The van der Waals surface area contributed by atoms with Crippen LogP contribution in [0, 0.1) is 6.92 Å². The average molecular weight is 774 g/mol. The number of carbonyl (C=O) groups excluding carboxylic acids is 5. The number of carbonyl (C=O) groups is 5. The fraction of sp³-hybridized carbons (Fsp3) is 0.550. The second-order valence-corrected chi connectivity index (χ2v) is 15.1. The molecule has 0 bridgehead atoms. The second kappa shape index (κ2) is 16.8. The number of nitrogens with one attached hydrogen (secondary N) is 1. The van der Waals surface area contributed by atoms with Crippen LogP contribution in [0.5, 0.6) is 0 Å². The van der Waals surface area contributed by atoms with Gasteiger partial charge in [-0.3, -0.25) is 19.1 Å². The number of aryl methyl sites for hydroxylation is 2. The van der Waals surface area contributed by atoms with E-state index in [2.05, 4.69) is 10.2 Å². The van der Waals surface area contributed by atoms with E-state index in [0.717, 1.165) is 23.2 Å². The van der Waals surface area contributed by atoms with E-state index in [4.69, 9.17) is 13.9 Å². The third-order valence-electron chi connectivity index (χ3n) is 11.7. The summed E-state index contributed by atoms with van der Waals surface area (Å²) in [7, 11) is 1.64. The van der Waals surface area contributed by atoms with E-state index in [1.807, 2.05) is 42.2 Å². The van der Waals surface area contributed by atoms with Crippen molar-refractivity contribution in [3.8, 4) is 0 Å². The first-order valence-electron chi connectivity index (χ1n) is 19.7. The standard InChI is InChI=1S/C40H51N7O9/c1-4-54-37(50)36(49)44-14-10-29(11-15-44)43-19-21-45(22-20-43)35(48)33(25-27-23-26(2)34-32(24-27)55-39(52)42(34)3)56-40(53)46-16-12-30(13-17-46)47-18-9-28-7-5-6-8-31(28)41-38(47)51/h5-8,23-24,29-30,33H,4,9-22,25H2,1-3H3,(H,41,51)/t33-/m1/s1. The van der Waals surface area contributed by atoms with Crippen LogP contribution in [-0.2, 0) is 43.7 Å². The van der Waals surface area contributed by atoms with E-state index >= 15 is 0 Å². The van der Waals surface area contributed by atoms with Crippen LogP contribution in [0.1, 0.15) is 49.3 Å². The first-order valence-corrected chi connectivity index (χ1v) is 19.7. The molecule has 16 nitrogen and oxygen atoms in total. The summed E-state index contributed by atoms with van der Waals surface area (Å²) in [5.74, 6) is -2.21. The van der Waals surface area contributed by atoms with Gasteiger partial charge in [-0.15, -0.1) is 0 Å². The number of benzene rings is 2. The number of piperazine rings is 1.